The Balaban J connectivity index is 2.98. The molecule has 1 rings (SSSR count). The van der Waals surface area contributed by atoms with E-state index in [2.05, 4.69) is 0 Å². The molecule has 1 amide bonds. The fourth-order valence-corrected chi connectivity index (χ4v) is 1.49. The molecule has 0 radical (unpaired) electrons. The Morgan fingerprint density at radius 2 is 2.10 bits per heavy atom. The van der Waals surface area contributed by atoms with Crippen molar-refractivity contribution in [1.29, 1.82) is 0 Å². The van der Waals surface area contributed by atoms with Crippen LogP contribution in [0.2, 0.25) is 0 Å². The molecule has 0 saturated heterocycles. The predicted octanol–water partition coefficient (Wildman–Crippen LogP) is 1.38. The highest BCUT2D eigenvalue weighted by Gasteiger charge is 2.19. The lowest BCUT2D eigenvalue weighted by Crippen LogP contribution is -2.37. The lowest BCUT2D eigenvalue weighted by molar-refractivity contribution is -0.131. The number of aliphatic hydroxyl groups excluding tert-OH is 1. The van der Waals surface area contributed by atoms with E-state index in [1.165, 1.54) is 30.2 Å². The molecule has 0 aliphatic heterocycles. The van der Waals surface area contributed by atoms with Crippen LogP contribution in [0.3, 0.4) is 0 Å². The molecule has 1 aromatic carbocycles. The first kappa shape index (κ1) is 15.8. The molecule has 5 nitrogen and oxygen atoms in total. The Morgan fingerprint density at radius 1 is 1.45 bits per heavy atom. The Labute approximate surface area is 115 Å². The van der Waals surface area contributed by atoms with Crippen molar-refractivity contribution in [1.82, 2.24) is 4.90 Å². The minimum absolute atomic E-state index is 0.125. The van der Waals surface area contributed by atoms with Gasteiger partial charge < -0.3 is 15.1 Å². The molecule has 6 heteroatoms. The van der Waals surface area contributed by atoms with E-state index >= 15 is 0 Å². The number of carbonyl (C=O) groups is 2. The summed E-state index contributed by atoms with van der Waals surface area (Å²) in [6, 6.07) is 3.41. The van der Waals surface area contributed by atoms with Gasteiger partial charge in [0, 0.05) is 13.1 Å². The highest BCUT2D eigenvalue weighted by atomic mass is 19.1. The van der Waals surface area contributed by atoms with E-state index in [1.807, 2.05) is 0 Å². The average molecular weight is 281 g/mol. The number of aliphatic carboxylic acids is 1. The summed E-state index contributed by atoms with van der Waals surface area (Å²) in [5.41, 5.74) is 0.222. The number of carbonyl (C=O) groups excluding carboxylic acids is 1. The van der Waals surface area contributed by atoms with E-state index in [0.717, 1.165) is 12.1 Å². The van der Waals surface area contributed by atoms with Crippen molar-refractivity contribution in [2.75, 3.05) is 13.7 Å². The summed E-state index contributed by atoms with van der Waals surface area (Å²) < 4.78 is 13.9. The lowest BCUT2D eigenvalue weighted by atomic mass is 10.1. The molecule has 0 fully saturated rings. The van der Waals surface area contributed by atoms with Crippen LogP contribution in [-0.4, -0.2) is 46.7 Å². The summed E-state index contributed by atoms with van der Waals surface area (Å²) in [4.78, 5) is 23.6. The van der Waals surface area contributed by atoms with Crippen molar-refractivity contribution in [3.8, 4) is 0 Å². The molecule has 0 heterocycles. The minimum Gasteiger partial charge on any atom is -0.478 e. The number of carboxylic acid groups (broad SMARTS) is 1. The summed E-state index contributed by atoms with van der Waals surface area (Å²) in [6.45, 7) is 1.42. The molecule has 0 bridgehead atoms. The zero-order valence-corrected chi connectivity index (χ0v) is 11.2. The van der Waals surface area contributed by atoms with Crippen molar-refractivity contribution >= 4 is 18.0 Å². The average Bonchev–Trinajstić information content (AvgIpc) is 2.42. The zero-order valence-electron chi connectivity index (χ0n) is 11.2. The first-order valence-corrected chi connectivity index (χ1v) is 5.95. The monoisotopic (exact) mass is 281 g/mol. The number of halogens is 1. The molecule has 2 N–H and O–H groups in total. The number of likely N-dealkylation sites (N-methyl/N-ethyl adjacent to an activating group) is 1. The topological polar surface area (TPSA) is 77.8 Å². The Hall–Kier alpha value is -2.21. The molecule has 20 heavy (non-hydrogen) atoms. The standard InChI is InChI=1S/C14H16FNO4/c1-9(8-17)16(2)14(20)11-5-3-10(7-12(11)15)4-6-13(18)19/h3-7,9,17H,8H2,1-2H3,(H,18,19)/b6-4+. The highest BCUT2D eigenvalue weighted by Crippen LogP contribution is 2.14. The second-order valence-electron chi connectivity index (χ2n) is 4.36. The van der Waals surface area contributed by atoms with Crippen LogP contribution in [0.4, 0.5) is 4.39 Å². The molecular formula is C14H16FNO4. The maximum atomic E-state index is 13.9. The largest absolute Gasteiger partial charge is 0.478 e. The molecule has 0 aromatic heterocycles. The van der Waals surface area contributed by atoms with Gasteiger partial charge in [0.1, 0.15) is 5.82 Å². The summed E-state index contributed by atoms with van der Waals surface area (Å²) in [7, 11) is 1.47. The SMILES string of the molecule is CC(CO)N(C)C(=O)c1ccc(/C=C/C(=O)O)cc1F. The Kier molecular flexibility index (Phi) is 5.40. The first-order chi connectivity index (χ1) is 9.36. The van der Waals surface area contributed by atoms with Gasteiger partial charge in [-0.2, -0.15) is 0 Å². The quantitative estimate of drug-likeness (QED) is 0.799. The van der Waals surface area contributed by atoms with E-state index < -0.39 is 23.7 Å². The first-order valence-electron chi connectivity index (χ1n) is 5.95. The van der Waals surface area contributed by atoms with E-state index in [0.29, 0.717) is 5.56 Å². The summed E-state index contributed by atoms with van der Waals surface area (Å²) >= 11 is 0. The van der Waals surface area contributed by atoms with Gasteiger partial charge >= 0.3 is 5.97 Å². The van der Waals surface area contributed by atoms with Crippen LogP contribution >= 0.6 is 0 Å². The number of amides is 1. The molecule has 0 spiro atoms. The number of nitrogens with zero attached hydrogens (tertiary/aromatic N) is 1. The summed E-state index contributed by atoms with van der Waals surface area (Å²) in [5.74, 6) is -2.42. The Morgan fingerprint density at radius 3 is 2.60 bits per heavy atom. The van der Waals surface area contributed by atoms with Gasteiger partial charge in [0.2, 0.25) is 0 Å². The summed E-state index contributed by atoms with van der Waals surface area (Å²) in [6.07, 6.45) is 2.12. The number of carboxylic acids is 1. The molecule has 1 atom stereocenters. The van der Waals surface area contributed by atoms with Gasteiger partial charge in [-0.25, -0.2) is 9.18 Å². The number of benzene rings is 1. The van der Waals surface area contributed by atoms with Gasteiger partial charge in [-0.1, -0.05) is 6.07 Å². The van der Waals surface area contributed by atoms with Crippen molar-refractivity contribution < 1.29 is 24.2 Å². The highest BCUT2D eigenvalue weighted by molar-refractivity contribution is 5.95. The molecule has 0 aliphatic carbocycles. The lowest BCUT2D eigenvalue weighted by Gasteiger charge is -2.23. The zero-order chi connectivity index (χ0) is 15.3. The van der Waals surface area contributed by atoms with E-state index in [-0.39, 0.29) is 12.2 Å². The van der Waals surface area contributed by atoms with Crippen LogP contribution in [0.5, 0.6) is 0 Å². The fourth-order valence-electron chi connectivity index (χ4n) is 1.49. The third-order valence-corrected chi connectivity index (χ3v) is 2.89. The minimum atomic E-state index is -1.14. The second-order valence-corrected chi connectivity index (χ2v) is 4.36. The van der Waals surface area contributed by atoms with Gasteiger partial charge in [-0.15, -0.1) is 0 Å². The van der Waals surface area contributed by atoms with Gasteiger partial charge in [0.05, 0.1) is 18.2 Å². The maximum Gasteiger partial charge on any atom is 0.328 e. The van der Waals surface area contributed by atoms with Crippen molar-refractivity contribution in [2.45, 2.75) is 13.0 Å². The Bertz CT molecular complexity index is 542. The number of hydrogen-bond acceptors (Lipinski definition) is 3. The van der Waals surface area contributed by atoms with Gasteiger partial charge in [0.15, 0.2) is 0 Å². The number of aliphatic hydroxyl groups is 1. The van der Waals surface area contributed by atoms with Crippen molar-refractivity contribution in [3.63, 3.8) is 0 Å². The number of hydrogen-bond donors (Lipinski definition) is 2. The van der Waals surface area contributed by atoms with Crippen LogP contribution in [0.15, 0.2) is 24.3 Å². The van der Waals surface area contributed by atoms with Crippen LogP contribution in [0, 0.1) is 5.82 Å². The third kappa shape index (κ3) is 3.89. The molecule has 1 aromatic rings. The van der Waals surface area contributed by atoms with E-state index in [4.69, 9.17) is 10.2 Å². The molecule has 108 valence electrons. The van der Waals surface area contributed by atoms with Crippen LogP contribution in [0.25, 0.3) is 6.08 Å². The number of rotatable bonds is 5. The van der Waals surface area contributed by atoms with Crippen LogP contribution in [-0.2, 0) is 4.79 Å². The normalized spacial score (nSPS) is 12.4. The van der Waals surface area contributed by atoms with E-state index in [9.17, 15) is 14.0 Å². The third-order valence-electron chi connectivity index (χ3n) is 2.89. The van der Waals surface area contributed by atoms with Crippen LogP contribution < -0.4 is 0 Å². The molecule has 1 unspecified atom stereocenters. The summed E-state index contributed by atoms with van der Waals surface area (Å²) in [5, 5.41) is 17.5. The maximum absolute atomic E-state index is 13.9. The van der Waals surface area contributed by atoms with Crippen LogP contribution in [0.1, 0.15) is 22.8 Å². The van der Waals surface area contributed by atoms with Crippen molar-refractivity contribution in [2.24, 2.45) is 0 Å². The van der Waals surface area contributed by atoms with Gasteiger partial charge in [-0.05, 0) is 30.7 Å². The fraction of sp³-hybridized carbons (Fsp3) is 0.286. The van der Waals surface area contributed by atoms with E-state index in [1.54, 1.807) is 6.92 Å². The molecule has 0 aliphatic rings. The second kappa shape index (κ2) is 6.81. The van der Waals surface area contributed by atoms with Gasteiger partial charge in [-0.3, -0.25) is 4.79 Å². The smallest absolute Gasteiger partial charge is 0.328 e. The molecule has 0 saturated carbocycles. The predicted molar refractivity (Wildman–Crippen MR) is 71.7 cm³/mol. The molecular weight excluding hydrogens is 265 g/mol. The van der Waals surface area contributed by atoms with Crippen molar-refractivity contribution in [3.05, 3.63) is 41.2 Å². The van der Waals surface area contributed by atoms with Gasteiger partial charge in [0.25, 0.3) is 5.91 Å².